The van der Waals surface area contributed by atoms with Crippen molar-refractivity contribution in [1.29, 1.82) is 0 Å². The van der Waals surface area contributed by atoms with Gasteiger partial charge in [-0.3, -0.25) is 5.43 Å². The van der Waals surface area contributed by atoms with Gasteiger partial charge in [0.1, 0.15) is 6.61 Å². The molecule has 0 bridgehead atoms. The van der Waals surface area contributed by atoms with Crippen molar-refractivity contribution in [3.05, 3.63) is 34.9 Å². The van der Waals surface area contributed by atoms with Crippen LogP contribution in [0.25, 0.3) is 0 Å². The number of benzene rings is 1. The molecule has 0 aliphatic heterocycles. The maximum Gasteiger partial charge on any atom is 0.323 e. The monoisotopic (exact) mass is 294 g/mol. The summed E-state index contributed by atoms with van der Waals surface area (Å²) in [5.74, 6) is 6.00. The number of anilines is 2. The van der Waals surface area contributed by atoms with E-state index in [1.165, 1.54) is 0 Å². The molecule has 0 aliphatic rings. The molecule has 1 heterocycles. The molecule has 0 saturated heterocycles. The minimum atomic E-state index is 0.177. The number of hydrazine groups is 1. The topological polar surface area (TPSA) is 89.2 Å². The Morgan fingerprint density at radius 3 is 2.65 bits per heavy atom. The molecule has 1 aromatic carbocycles. The lowest BCUT2D eigenvalue weighted by Crippen LogP contribution is -2.18. The summed E-state index contributed by atoms with van der Waals surface area (Å²) in [7, 11) is 3.63. The molecule has 0 unspecified atom stereocenters. The Labute approximate surface area is 121 Å². The quantitative estimate of drug-likeness (QED) is 0.637. The molecule has 0 aliphatic carbocycles. The van der Waals surface area contributed by atoms with Gasteiger partial charge in [-0.1, -0.05) is 29.8 Å². The van der Waals surface area contributed by atoms with Crippen LogP contribution in [0.15, 0.2) is 24.3 Å². The lowest BCUT2D eigenvalue weighted by Gasteiger charge is -2.12. The minimum Gasteiger partial charge on any atom is -0.458 e. The van der Waals surface area contributed by atoms with Gasteiger partial charge >= 0.3 is 6.01 Å². The number of nitrogen functional groups attached to an aromatic ring is 1. The highest BCUT2D eigenvalue weighted by atomic mass is 35.5. The van der Waals surface area contributed by atoms with Crippen LogP contribution in [0.3, 0.4) is 0 Å². The summed E-state index contributed by atoms with van der Waals surface area (Å²) < 4.78 is 5.54. The van der Waals surface area contributed by atoms with E-state index < -0.39 is 0 Å². The zero-order valence-electron chi connectivity index (χ0n) is 11.2. The van der Waals surface area contributed by atoms with Gasteiger partial charge in [0.05, 0.1) is 0 Å². The summed E-state index contributed by atoms with van der Waals surface area (Å²) >= 11 is 6.06. The van der Waals surface area contributed by atoms with Gasteiger partial charge in [0.15, 0.2) is 0 Å². The van der Waals surface area contributed by atoms with E-state index in [1.54, 1.807) is 11.0 Å². The number of nitrogens with two attached hydrogens (primary N) is 1. The minimum absolute atomic E-state index is 0.177. The van der Waals surface area contributed by atoms with Gasteiger partial charge in [-0.05, 0) is 6.07 Å². The number of rotatable bonds is 5. The van der Waals surface area contributed by atoms with E-state index >= 15 is 0 Å². The maximum atomic E-state index is 6.06. The van der Waals surface area contributed by atoms with Crippen molar-refractivity contribution in [3.8, 4) is 6.01 Å². The average Bonchev–Trinajstić information content (AvgIpc) is 2.46. The molecule has 0 saturated carbocycles. The molecule has 0 fully saturated rings. The molecule has 0 amide bonds. The molecule has 2 rings (SSSR count). The van der Waals surface area contributed by atoms with E-state index in [0.29, 0.717) is 11.0 Å². The molecular weight excluding hydrogens is 280 g/mol. The van der Waals surface area contributed by atoms with Gasteiger partial charge in [-0.15, -0.1) is 0 Å². The van der Waals surface area contributed by atoms with Crippen LogP contribution in [0.2, 0.25) is 5.02 Å². The molecule has 0 radical (unpaired) electrons. The third-order valence-electron chi connectivity index (χ3n) is 2.45. The highest BCUT2D eigenvalue weighted by molar-refractivity contribution is 6.31. The van der Waals surface area contributed by atoms with E-state index in [-0.39, 0.29) is 18.6 Å². The molecule has 2 aromatic rings. The second-order valence-corrected chi connectivity index (χ2v) is 4.57. The summed E-state index contributed by atoms with van der Waals surface area (Å²) in [5, 5.41) is 0.631. The second-order valence-electron chi connectivity index (χ2n) is 4.16. The predicted octanol–water partition coefficient (Wildman–Crippen LogP) is 1.46. The highest BCUT2D eigenvalue weighted by Crippen LogP contribution is 2.18. The zero-order valence-corrected chi connectivity index (χ0v) is 11.9. The van der Waals surface area contributed by atoms with Gasteiger partial charge in [-0.2, -0.15) is 15.0 Å². The average molecular weight is 295 g/mol. The first-order valence-corrected chi connectivity index (χ1v) is 6.24. The number of halogens is 1. The third-order valence-corrected chi connectivity index (χ3v) is 2.82. The summed E-state index contributed by atoms with van der Waals surface area (Å²) in [6.45, 7) is 0.264. The first kappa shape index (κ1) is 14.3. The van der Waals surface area contributed by atoms with E-state index in [1.807, 2.05) is 32.3 Å². The standard InChI is InChI=1S/C12H15ClN6O/c1-19(2)11-15-10(18-14)16-12(17-11)20-7-8-5-3-4-6-9(8)13/h3-6H,7,14H2,1-2H3,(H,15,16,17,18). The van der Waals surface area contributed by atoms with Gasteiger partial charge in [-0.25, -0.2) is 5.84 Å². The van der Waals surface area contributed by atoms with E-state index in [0.717, 1.165) is 5.56 Å². The summed E-state index contributed by atoms with van der Waals surface area (Å²) in [6.07, 6.45) is 0. The van der Waals surface area contributed by atoms with Crippen molar-refractivity contribution in [2.24, 2.45) is 5.84 Å². The number of nitrogens with one attached hydrogen (secondary N) is 1. The Morgan fingerprint density at radius 1 is 1.25 bits per heavy atom. The van der Waals surface area contributed by atoms with E-state index in [9.17, 15) is 0 Å². The SMILES string of the molecule is CN(C)c1nc(NN)nc(OCc2ccccc2Cl)n1. The molecular formula is C12H15ClN6O. The third kappa shape index (κ3) is 3.46. The van der Waals surface area contributed by atoms with Crippen molar-refractivity contribution in [2.45, 2.75) is 6.61 Å². The smallest absolute Gasteiger partial charge is 0.323 e. The number of hydrogen-bond acceptors (Lipinski definition) is 7. The molecule has 3 N–H and O–H groups in total. The number of ether oxygens (including phenoxy) is 1. The molecule has 1 aromatic heterocycles. The van der Waals surface area contributed by atoms with Crippen LogP contribution < -0.4 is 20.9 Å². The summed E-state index contributed by atoms with van der Waals surface area (Å²) in [5.41, 5.74) is 3.23. The lowest BCUT2D eigenvalue weighted by atomic mass is 10.2. The Bertz CT molecular complexity index is 592. The molecule has 0 spiro atoms. The fourth-order valence-electron chi connectivity index (χ4n) is 1.43. The fraction of sp³-hybridized carbons (Fsp3) is 0.250. The van der Waals surface area contributed by atoms with Crippen molar-refractivity contribution >= 4 is 23.5 Å². The van der Waals surface area contributed by atoms with Crippen LogP contribution in [-0.2, 0) is 6.61 Å². The van der Waals surface area contributed by atoms with Crippen LogP contribution in [0.5, 0.6) is 6.01 Å². The Kier molecular flexibility index (Phi) is 4.54. The van der Waals surface area contributed by atoms with Crippen molar-refractivity contribution in [1.82, 2.24) is 15.0 Å². The van der Waals surface area contributed by atoms with Gasteiger partial charge in [0.25, 0.3) is 0 Å². The van der Waals surface area contributed by atoms with Gasteiger partial charge in [0.2, 0.25) is 11.9 Å². The first-order chi connectivity index (χ1) is 9.60. The normalized spacial score (nSPS) is 10.2. The molecule has 7 nitrogen and oxygen atoms in total. The van der Waals surface area contributed by atoms with E-state index in [2.05, 4.69) is 20.4 Å². The Morgan fingerprint density at radius 2 is 2.00 bits per heavy atom. The molecule has 0 atom stereocenters. The molecule has 20 heavy (non-hydrogen) atoms. The van der Waals surface area contributed by atoms with Crippen LogP contribution in [0.1, 0.15) is 5.56 Å². The number of nitrogens with zero attached hydrogens (tertiary/aromatic N) is 4. The van der Waals surface area contributed by atoms with Crippen molar-refractivity contribution in [3.63, 3.8) is 0 Å². The van der Waals surface area contributed by atoms with Crippen LogP contribution in [0.4, 0.5) is 11.9 Å². The predicted molar refractivity (Wildman–Crippen MR) is 77.7 cm³/mol. The van der Waals surface area contributed by atoms with Crippen LogP contribution >= 0.6 is 11.6 Å². The molecule has 106 valence electrons. The fourth-order valence-corrected chi connectivity index (χ4v) is 1.62. The number of hydrogen-bond donors (Lipinski definition) is 2. The molecule has 8 heteroatoms. The van der Waals surface area contributed by atoms with Gasteiger partial charge in [0, 0.05) is 24.7 Å². The second kappa shape index (κ2) is 6.36. The van der Waals surface area contributed by atoms with Gasteiger partial charge < -0.3 is 9.64 Å². The Balaban J connectivity index is 2.17. The lowest BCUT2D eigenvalue weighted by molar-refractivity contribution is 0.280. The first-order valence-electron chi connectivity index (χ1n) is 5.86. The summed E-state index contributed by atoms with van der Waals surface area (Å²) in [4.78, 5) is 14.0. The van der Waals surface area contributed by atoms with E-state index in [4.69, 9.17) is 22.2 Å². The highest BCUT2D eigenvalue weighted by Gasteiger charge is 2.09. The van der Waals surface area contributed by atoms with Crippen molar-refractivity contribution in [2.75, 3.05) is 24.4 Å². The maximum absolute atomic E-state index is 6.06. The Hall–Kier alpha value is -2.12. The van der Waals surface area contributed by atoms with Crippen LogP contribution in [0, 0.1) is 0 Å². The summed E-state index contributed by atoms with van der Waals surface area (Å²) in [6, 6.07) is 7.59. The zero-order chi connectivity index (χ0) is 14.5. The number of aromatic nitrogens is 3. The van der Waals surface area contributed by atoms with Crippen molar-refractivity contribution < 1.29 is 4.74 Å². The van der Waals surface area contributed by atoms with Crippen LogP contribution in [-0.4, -0.2) is 29.0 Å². The largest absolute Gasteiger partial charge is 0.458 e.